The van der Waals surface area contributed by atoms with Crippen LogP contribution in [0.3, 0.4) is 0 Å². The molecule has 8 nitrogen and oxygen atoms in total. The second-order valence-corrected chi connectivity index (χ2v) is 9.95. The van der Waals surface area contributed by atoms with Crippen LogP contribution in [-0.4, -0.2) is 70.0 Å². The number of amides is 4. The standard InChI is InChI=1S/C27H34ClN5O3/c1-4-5-11-23-26(35)31(16-21-13-12-19(2)22(28)14-21)17-24-32(23)25(34)18-30(3)33(24)27(36)29-15-20-9-7-6-8-10-20/h6-10,12-14,23-24H,4-5,11,15-18H2,1-3H3,(H,29,36)/t23-,24?/m0/s1. The van der Waals surface area contributed by atoms with Crippen LogP contribution in [0.4, 0.5) is 4.79 Å². The Labute approximate surface area is 217 Å². The summed E-state index contributed by atoms with van der Waals surface area (Å²) in [5.74, 6) is -0.221. The molecule has 36 heavy (non-hydrogen) atoms. The number of urea groups is 1. The average molecular weight is 512 g/mol. The van der Waals surface area contributed by atoms with Gasteiger partial charge in [0, 0.05) is 25.2 Å². The summed E-state index contributed by atoms with van der Waals surface area (Å²) in [6.07, 6.45) is 1.69. The van der Waals surface area contributed by atoms with Crippen LogP contribution in [0.2, 0.25) is 5.02 Å². The minimum atomic E-state index is -0.602. The minimum absolute atomic E-state index is 0.0404. The molecule has 9 heteroatoms. The Morgan fingerprint density at radius 2 is 1.86 bits per heavy atom. The molecular weight excluding hydrogens is 478 g/mol. The first-order valence-corrected chi connectivity index (χ1v) is 12.8. The molecule has 2 aliphatic rings. The third kappa shape index (κ3) is 5.50. The van der Waals surface area contributed by atoms with Crippen molar-refractivity contribution in [1.29, 1.82) is 0 Å². The molecule has 2 aliphatic heterocycles. The lowest BCUT2D eigenvalue weighted by Gasteiger charge is -2.54. The van der Waals surface area contributed by atoms with Crippen LogP contribution < -0.4 is 5.32 Å². The lowest BCUT2D eigenvalue weighted by Crippen LogP contribution is -2.75. The molecule has 4 amide bonds. The van der Waals surface area contributed by atoms with Gasteiger partial charge in [-0.2, -0.15) is 0 Å². The number of nitrogens with one attached hydrogen (secondary N) is 1. The molecule has 0 aromatic heterocycles. The Morgan fingerprint density at radius 3 is 2.56 bits per heavy atom. The number of hydrogen-bond acceptors (Lipinski definition) is 4. The third-order valence-corrected chi connectivity index (χ3v) is 7.28. The van der Waals surface area contributed by atoms with E-state index in [1.807, 2.05) is 55.5 Å². The van der Waals surface area contributed by atoms with Gasteiger partial charge in [-0.05, 0) is 36.1 Å². The molecular formula is C27H34ClN5O3. The zero-order chi connectivity index (χ0) is 25.8. The van der Waals surface area contributed by atoms with E-state index in [4.69, 9.17) is 11.6 Å². The zero-order valence-corrected chi connectivity index (χ0v) is 21.9. The highest BCUT2D eigenvalue weighted by molar-refractivity contribution is 6.31. The van der Waals surface area contributed by atoms with Gasteiger partial charge in [-0.3, -0.25) is 9.59 Å². The number of aryl methyl sites for hydroxylation is 1. The van der Waals surface area contributed by atoms with Crippen LogP contribution in [0.15, 0.2) is 48.5 Å². The molecule has 2 aromatic carbocycles. The van der Waals surface area contributed by atoms with Crippen molar-refractivity contribution in [2.45, 2.75) is 58.4 Å². The highest BCUT2D eigenvalue weighted by Crippen LogP contribution is 2.29. The molecule has 4 rings (SSSR count). The lowest BCUT2D eigenvalue weighted by molar-refractivity contribution is -0.188. The Balaban J connectivity index is 1.61. The summed E-state index contributed by atoms with van der Waals surface area (Å²) in [7, 11) is 1.74. The summed E-state index contributed by atoms with van der Waals surface area (Å²) < 4.78 is 0. The number of likely N-dealkylation sites (N-methyl/N-ethyl adjacent to an activating group) is 1. The van der Waals surface area contributed by atoms with Crippen molar-refractivity contribution in [3.8, 4) is 0 Å². The second kappa shape index (κ2) is 11.3. The summed E-state index contributed by atoms with van der Waals surface area (Å²) in [6.45, 7) is 5.00. The number of rotatable bonds is 7. The van der Waals surface area contributed by atoms with Gasteiger partial charge in [0.05, 0.1) is 13.1 Å². The number of nitrogens with zero attached hydrogens (tertiary/aromatic N) is 4. The maximum Gasteiger partial charge on any atom is 0.334 e. The van der Waals surface area contributed by atoms with E-state index in [0.29, 0.717) is 24.5 Å². The molecule has 2 atom stereocenters. The molecule has 0 spiro atoms. The topological polar surface area (TPSA) is 76.2 Å². The Morgan fingerprint density at radius 1 is 1.11 bits per heavy atom. The van der Waals surface area contributed by atoms with E-state index in [9.17, 15) is 14.4 Å². The monoisotopic (exact) mass is 511 g/mol. The number of fused-ring (bicyclic) bond motifs is 1. The van der Waals surface area contributed by atoms with Crippen molar-refractivity contribution >= 4 is 29.4 Å². The van der Waals surface area contributed by atoms with Crippen molar-refractivity contribution in [2.24, 2.45) is 0 Å². The largest absolute Gasteiger partial charge is 0.334 e. The normalized spacial score (nSPS) is 20.5. The summed E-state index contributed by atoms with van der Waals surface area (Å²) in [6, 6.07) is 14.6. The van der Waals surface area contributed by atoms with Gasteiger partial charge >= 0.3 is 6.03 Å². The third-order valence-electron chi connectivity index (χ3n) is 6.87. The van der Waals surface area contributed by atoms with Gasteiger partial charge in [-0.1, -0.05) is 73.8 Å². The Bertz CT molecular complexity index is 1110. The van der Waals surface area contributed by atoms with E-state index in [1.54, 1.807) is 26.9 Å². The predicted octanol–water partition coefficient (Wildman–Crippen LogP) is 3.78. The number of carbonyl (C=O) groups is 3. The van der Waals surface area contributed by atoms with Crippen LogP contribution in [0, 0.1) is 6.92 Å². The number of benzene rings is 2. The quantitative estimate of drug-likeness (QED) is 0.614. The number of hydrazine groups is 1. The first kappa shape index (κ1) is 26.0. The van der Waals surface area contributed by atoms with Gasteiger partial charge in [-0.15, -0.1) is 0 Å². The molecule has 2 aromatic rings. The first-order valence-electron chi connectivity index (χ1n) is 12.5. The fourth-order valence-electron chi connectivity index (χ4n) is 4.93. The van der Waals surface area contributed by atoms with Gasteiger partial charge in [0.2, 0.25) is 11.8 Å². The van der Waals surface area contributed by atoms with Crippen molar-refractivity contribution in [3.05, 3.63) is 70.2 Å². The Kier molecular flexibility index (Phi) is 8.16. The van der Waals surface area contributed by atoms with Gasteiger partial charge in [-0.25, -0.2) is 14.8 Å². The number of unbranched alkanes of at least 4 members (excludes halogenated alkanes) is 1. The molecule has 2 fully saturated rings. The summed E-state index contributed by atoms with van der Waals surface area (Å²) >= 11 is 6.34. The summed E-state index contributed by atoms with van der Waals surface area (Å²) in [4.78, 5) is 43.6. The van der Waals surface area contributed by atoms with Crippen LogP contribution in [0.1, 0.15) is 42.9 Å². The molecule has 0 aliphatic carbocycles. The Hall–Kier alpha value is -3.10. The zero-order valence-electron chi connectivity index (χ0n) is 21.1. The maximum atomic E-state index is 13.6. The van der Waals surface area contributed by atoms with Crippen LogP contribution >= 0.6 is 11.6 Å². The summed E-state index contributed by atoms with van der Waals surface area (Å²) in [5.41, 5.74) is 2.87. The smallest absolute Gasteiger partial charge is 0.333 e. The molecule has 0 radical (unpaired) electrons. The van der Waals surface area contributed by atoms with Gasteiger partial charge in [0.1, 0.15) is 12.2 Å². The predicted molar refractivity (Wildman–Crippen MR) is 139 cm³/mol. The average Bonchev–Trinajstić information content (AvgIpc) is 2.86. The van der Waals surface area contributed by atoms with Crippen molar-refractivity contribution in [1.82, 2.24) is 25.1 Å². The fraction of sp³-hybridized carbons (Fsp3) is 0.444. The van der Waals surface area contributed by atoms with Gasteiger partial charge in [0.15, 0.2) is 0 Å². The fourth-order valence-corrected chi connectivity index (χ4v) is 5.13. The molecule has 192 valence electrons. The van der Waals surface area contributed by atoms with E-state index in [-0.39, 0.29) is 30.9 Å². The highest BCUT2D eigenvalue weighted by atomic mass is 35.5. The van der Waals surface area contributed by atoms with E-state index in [1.165, 1.54) is 0 Å². The van der Waals surface area contributed by atoms with Crippen molar-refractivity contribution < 1.29 is 14.4 Å². The van der Waals surface area contributed by atoms with Crippen LogP contribution in [0.5, 0.6) is 0 Å². The van der Waals surface area contributed by atoms with Crippen molar-refractivity contribution in [3.63, 3.8) is 0 Å². The van der Waals surface area contributed by atoms with E-state index < -0.39 is 12.2 Å². The van der Waals surface area contributed by atoms with Crippen LogP contribution in [0.25, 0.3) is 0 Å². The van der Waals surface area contributed by atoms with E-state index >= 15 is 0 Å². The molecule has 1 N–H and O–H groups in total. The molecule has 0 saturated carbocycles. The lowest BCUT2D eigenvalue weighted by atomic mass is 10.0. The molecule has 0 bridgehead atoms. The SMILES string of the molecule is CCCC[C@H]1C(=O)N(Cc2ccc(C)c(Cl)c2)CC2N1C(=O)CN(C)N2C(=O)NCc1ccccc1. The van der Waals surface area contributed by atoms with E-state index in [2.05, 4.69) is 12.2 Å². The molecule has 2 heterocycles. The first-order chi connectivity index (χ1) is 17.3. The van der Waals surface area contributed by atoms with Gasteiger partial charge < -0.3 is 15.1 Å². The molecule has 2 saturated heterocycles. The van der Waals surface area contributed by atoms with E-state index in [0.717, 1.165) is 29.5 Å². The number of carbonyl (C=O) groups excluding carboxylic acids is 3. The number of hydrogen-bond donors (Lipinski definition) is 1. The van der Waals surface area contributed by atoms with Crippen molar-refractivity contribution in [2.75, 3.05) is 20.1 Å². The van der Waals surface area contributed by atoms with Crippen LogP contribution in [-0.2, 0) is 22.7 Å². The highest BCUT2D eigenvalue weighted by Gasteiger charge is 2.50. The summed E-state index contributed by atoms with van der Waals surface area (Å²) in [5, 5.41) is 6.87. The van der Waals surface area contributed by atoms with Gasteiger partial charge in [0.25, 0.3) is 0 Å². The number of halogens is 1. The second-order valence-electron chi connectivity index (χ2n) is 9.55. The maximum absolute atomic E-state index is 13.6. The molecule has 1 unspecified atom stereocenters. The number of piperazine rings is 1. The minimum Gasteiger partial charge on any atom is -0.333 e.